The van der Waals surface area contributed by atoms with Gasteiger partial charge in [0.05, 0.1) is 14.1 Å². The first-order valence-electron chi connectivity index (χ1n) is 3.66. The largest absolute Gasteiger partial charge is 0.394 e. The van der Waals surface area contributed by atoms with Crippen LogP contribution < -0.4 is 0 Å². The van der Waals surface area contributed by atoms with Crippen LogP contribution in [0.4, 0.5) is 0 Å². The molecule has 11 heavy (non-hydrogen) atoms. The number of aliphatic hydroxyl groups is 4. The number of rotatable bonds is 5. The molecule has 66 valence electrons. The Kier molecular flexibility index (Phi) is 4.07. The van der Waals surface area contributed by atoms with Crippen molar-refractivity contribution in [1.82, 2.24) is 0 Å². The highest BCUT2D eigenvalue weighted by atomic mass is 16.4. The zero-order chi connectivity index (χ0) is 9.72. The highest BCUT2D eigenvalue weighted by molar-refractivity contribution is 5.50. The van der Waals surface area contributed by atoms with E-state index in [0.29, 0.717) is 6.29 Å². The smallest absolute Gasteiger partial charge is 0.122 e. The molecule has 5 nitrogen and oxygen atoms in total. The number of carbonyl (C=O) groups excluding carboxylic acids is 1. The molecule has 0 saturated carbocycles. The predicted octanol–water partition coefficient (Wildman–Crippen LogP) is -2.35. The summed E-state index contributed by atoms with van der Waals surface area (Å²) in [6.07, 6.45) is -4.86. The fourth-order valence-corrected chi connectivity index (χ4v) is 0.554. The summed E-state index contributed by atoms with van der Waals surface area (Å²) in [6.45, 7) is -1.89. The molecular formula is C6H12O5. The van der Waals surface area contributed by atoms with Gasteiger partial charge in [-0.3, -0.25) is 0 Å². The summed E-state index contributed by atoms with van der Waals surface area (Å²) in [6, 6.07) is 0. The van der Waals surface area contributed by atoms with Crippen LogP contribution in [0.25, 0.3) is 0 Å². The topological polar surface area (TPSA) is 98.0 Å². The van der Waals surface area contributed by atoms with Crippen LogP contribution in [0.5, 0.6) is 0 Å². The normalized spacial score (nSPS) is 23.1. The molecule has 0 aliphatic rings. The molecule has 0 aromatic rings. The molecule has 0 rings (SSSR count). The van der Waals surface area contributed by atoms with Crippen molar-refractivity contribution in [2.24, 2.45) is 0 Å². The van der Waals surface area contributed by atoms with Crippen LogP contribution in [0.2, 0.25) is 0 Å². The maximum absolute atomic E-state index is 9.85. The van der Waals surface area contributed by atoms with E-state index in [4.69, 9.17) is 21.8 Å². The van der Waals surface area contributed by atoms with Crippen molar-refractivity contribution in [2.75, 3.05) is 6.58 Å². The maximum atomic E-state index is 9.85. The molecule has 4 N–H and O–H groups in total. The van der Waals surface area contributed by atoms with E-state index in [1.165, 1.54) is 0 Å². The zero-order valence-corrected chi connectivity index (χ0v) is 5.79. The van der Waals surface area contributed by atoms with Crippen LogP contribution >= 0.6 is 0 Å². The van der Waals surface area contributed by atoms with Crippen LogP contribution in [-0.2, 0) is 4.79 Å². The lowest BCUT2D eigenvalue weighted by molar-refractivity contribution is -0.115. The van der Waals surface area contributed by atoms with Gasteiger partial charge in [0, 0.05) is 6.42 Å². The fourth-order valence-electron chi connectivity index (χ4n) is 0.554. The second kappa shape index (κ2) is 5.20. The Hall–Kier alpha value is -0.490. The quantitative estimate of drug-likeness (QED) is 0.271. The van der Waals surface area contributed by atoms with Gasteiger partial charge < -0.3 is 25.2 Å². The van der Waals surface area contributed by atoms with Gasteiger partial charge in [0.2, 0.25) is 0 Å². The van der Waals surface area contributed by atoms with Crippen LogP contribution in [0.1, 0.15) is 7.79 Å². The second-order valence-electron chi connectivity index (χ2n) is 2.10. The van der Waals surface area contributed by atoms with Gasteiger partial charge in [0.1, 0.15) is 18.5 Å². The number of hydrogen-bond donors (Lipinski definition) is 4. The highest BCUT2D eigenvalue weighted by Crippen LogP contribution is 2.01. The summed E-state index contributed by atoms with van der Waals surface area (Å²) in [5.41, 5.74) is 0. The van der Waals surface area contributed by atoms with E-state index in [1.54, 1.807) is 0 Å². The summed E-state index contributed by atoms with van der Waals surface area (Å²) >= 11 is 0. The average Bonchev–Trinajstić information content (AvgIpc) is 2.02. The molecule has 0 saturated heterocycles. The SMILES string of the molecule is [2H][13CH](O)[C@@H](O)[C@@H](O)[C@H](O)CC=O. The summed E-state index contributed by atoms with van der Waals surface area (Å²) < 4.78 is 6.59. The lowest BCUT2D eigenvalue weighted by atomic mass is 10.1. The molecule has 0 bridgehead atoms. The first-order chi connectivity index (χ1) is 5.50. The Morgan fingerprint density at radius 3 is 2.27 bits per heavy atom. The second-order valence-corrected chi connectivity index (χ2v) is 2.10. The van der Waals surface area contributed by atoms with Crippen molar-refractivity contribution in [3.8, 4) is 0 Å². The Morgan fingerprint density at radius 2 is 1.91 bits per heavy atom. The van der Waals surface area contributed by atoms with Crippen molar-refractivity contribution in [2.45, 2.75) is 24.7 Å². The summed E-state index contributed by atoms with van der Waals surface area (Å²) in [5, 5.41) is 35.1. The van der Waals surface area contributed by atoms with Gasteiger partial charge in [-0.1, -0.05) is 0 Å². The van der Waals surface area contributed by atoms with Gasteiger partial charge in [-0.05, 0) is 0 Å². The molecule has 0 fully saturated rings. The molecule has 0 aromatic carbocycles. The van der Waals surface area contributed by atoms with Crippen molar-refractivity contribution in [3.63, 3.8) is 0 Å². The standard InChI is InChI=1S/C6H12O5/c7-2-1-4(9)6(11)5(10)3-8/h2,4-6,8-11H,1,3H2/t4-,5-,6+/m1/s1/i3+1D/t3?,4-,5-,6+. The van der Waals surface area contributed by atoms with Crippen LogP contribution in [0, 0.1) is 0 Å². The summed E-state index contributed by atoms with van der Waals surface area (Å²) in [4.78, 5) is 9.85. The molecule has 0 aliphatic carbocycles. The van der Waals surface area contributed by atoms with Crippen molar-refractivity contribution < 1.29 is 26.6 Å². The predicted molar refractivity (Wildman–Crippen MR) is 35.8 cm³/mol. The van der Waals surface area contributed by atoms with E-state index in [2.05, 4.69) is 0 Å². The monoisotopic (exact) mass is 166 g/mol. The Bertz CT molecular complexity index is 140. The van der Waals surface area contributed by atoms with Gasteiger partial charge in [-0.2, -0.15) is 0 Å². The Balaban J connectivity index is 3.98. The summed E-state index contributed by atoms with van der Waals surface area (Å²) in [7, 11) is 0. The van der Waals surface area contributed by atoms with E-state index in [-0.39, 0.29) is 6.42 Å². The van der Waals surface area contributed by atoms with Crippen molar-refractivity contribution >= 4 is 6.29 Å². The van der Waals surface area contributed by atoms with Gasteiger partial charge in [-0.25, -0.2) is 0 Å². The number of carbonyl (C=O) groups is 1. The van der Waals surface area contributed by atoms with Gasteiger partial charge in [0.15, 0.2) is 0 Å². The van der Waals surface area contributed by atoms with Gasteiger partial charge in [-0.15, -0.1) is 0 Å². The van der Waals surface area contributed by atoms with E-state index >= 15 is 0 Å². The molecule has 1 unspecified atom stereocenters. The van der Waals surface area contributed by atoms with Crippen LogP contribution in [-0.4, -0.2) is 51.6 Å². The molecular weight excluding hydrogens is 153 g/mol. The van der Waals surface area contributed by atoms with E-state index in [1.807, 2.05) is 0 Å². The fraction of sp³-hybridized carbons (Fsp3) is 0.833. The lowest BCUT2D eigenvalue weighted by Gasteiger charge is -2.19. The van der Waals surface area contributed by atoms with Crippen LogP contribution in [0.3, 0.4) is 0 Å². The molecule has 0 heterocycles. The third-order valence-electron chi connectivity index (χ3n) is 1.23. The Labute approximate surface area is 65.3 Å². The molecule has 5 heteroatoms. The average molecular weight is 166 g/mol. The number of aldehydes is 1. The molecule has 0 aromatic heterocycles. The molecule has 0 radical (unpaired) electrons. The number of aliphatic hydroxyl groups excluding tert-OH is 4. The number of hydrogen-bond acceptors (Lipinski definition) is 5. The van der Waals surface area contributed by atoms with E-state index in [9.17, 15) is 4.79 Å². The molecule has 4 atom stereocenters. The highest BCUT2D eigenvalue weighted by Gasteiger charge is 2.23. The minimum atomic E-state index is -1.89. The maximum Gasteiger partial charge on any atom is 0.122 e. The van der Waals surface area contributed by atoms with Crippen molar-refractivity contribution in [1.29, 1.82) is 0 Å². The minimum absolute atomic E-state index is 0.342. The first-order valence-corrected chi connectivity index (χ1v) is 3.08. The third-order valence-corrected chi connectivity index (χ3v) is 1.23. The first kappa shape index (κ1) is 8.61. The van der Waals surface area contributed by atoms with Gasteiger partial charge in [0.25, 0.3) is 0 Å². The zero-order valence-electron chi connectivity index (χ0n) is 6.79. The molecule has 0 spiro atoms. The lowest BCUT2D eigenvalue weighted by Crippen LogP contribution is -2.39. The molecule has 0 aliphatic heterocycles. The summed E-state index contributed by atoms with van der Waals surface area (Å²) in [5.74, 6) is 0. The minimum Gasteiger partial charge on any atom is -0.394 e. The Morgan fingerprint density at radius 1 is 1.36 bits per heavy atom. The van der Waals surface area contributed by atoms with Gasteiger partial charge >= 0.3 is 0 Å². The van der Waals surface area contributed by atoms with E-state index < -0.39 is 24.9 Å². The van der Waals surface area contributed by atoms with E-state index in [0.717, 1.165) is 0 Å². The van der Waals surface area contributed by atoms with Crippen molar-refractivity contribution in [3.05, 3.63) is 0 Å². The van der Waals surface area contributed by atoms with Crippen LogP contribution in [0.15, 0.2) is 0 Å². The molecule has 0 amide bonds. The third kappa shape index (κ3) is 3.43.